The first-order chi connectivity index (χ1) is 13.1. The molecule has 2 heterocycles. The van der Waals surface area contributed by atoms with E-state index in [0.29, 0.717) is 34.2 Å². The predicted octanol–water partition coefficient (Wildman–Crippen LogP) is -1.95. The van der Waals surface area contributed by atoms with Gasteiger partial charge < -0.3 is 28.8 Å². The van der Waals surface area contributed by atoms with Crippen LogP contribution in [0.1, 0.15) is 10.4 Å². The summed E-state index contributed by atoms with van der Waals surface area (Å²) in [6, 6.07) is 8.19. The molecule has 138 valence electrons. The molecule has 0 spiro atoms. The Morgan fingerprint density at radius 1 is 1.14 bits per heavy atom. The number of aromatic nitrogens is 3. The number of benzene rings is 2. The number of carbonyl (C=O) groups is 1. The number of hydrogen-bond donors (Lipinski definition) is 0. The minimum absolute atomic E-state index is 0. The van der Waals surface area contributed by atoms with Gasteiger partial charge in [0.2, 0.25) is 12.5 Å². The van der Waals surface area contributed by atoms with Gasteiger partial charge in [-0.2, -0.15) is 0 Å². The molecule has 0 saturated heterocycles. The summed E-state index contributed by atoms with van der Waals surface area (Å²) in [6.07, 6.45) is 1.53. The van der Waals surface area contributed by atoms with Gasteiger partial charge in [-0.25, -0.2) is 4.68 Å². The maximum Gasteiger partial charge on any atom is 1.00 e. The van der Waals surface area contributed by atoms with Crippen molar-refractivity contribution in [1.82, 2.24) is 15.0 Å². The van der Waals surface area contributed by atoms with Crippen molar-refractivity contribution in [2.75, 3.05) is 21.0 Å². The van der Waals surface area contributed by atoms with Crippen molar-refractivity contribution < 1.29 is 58.4 Å². The van der Waals surface area contributed by atoms with Crippen molar-refractivity contribution in [3.05, 3.63) is 42.1 Å². The first kappa shape index (κ1) is 20.0. The quantitative estimate of drug-likeness (QED) is 0.462. The van der Waals surface area contributed by atoms with Gasteiger partial charge in [-0.15, -0.1) is 5.10 Å². The van der Waals surface area contributed by atoms with Gasteiger partial charge in [-0.1, -0.05) is 5.21 Å². The largest absolute Gasteiger partial charge is 1.00 e. The van der Waals surface area contributed by atoms with Crippen molar-refractivity contribution >= 4 is 5.97 Å². The third-order valence-electron chi connectivity index (χ3n) is 4.15. The summed E-state index contributed by atoms with van der Waals surface area (Å²) in [5.41, 5.74) is 1.71. The second-order valence-electron chi connectivity index (χ2n) is 5.62. The number of fused-ring (bicyclic) bond motifs is 1. The van der Waals surface area contributed by atoms with Gasteiger partial charge in [0, 0.05) is 23.3 Å². The molecule has 0 atom stereocenters. The molecule has 28 heavy (non-hydrogen) atoms. The molecule has 1 aliphatic heterocycles. The van der Waals surface area contributed by atoms with Crippen LogP contribution in [0.15, 0.2) is 36.5 Å². The average molecular weight is 391 g/mol. The van der Waals surface area contributed by atoms with Crippen molar-refractivity contribution in [3.8, 4) is 39.9 Å². The Morgan fingerprint density at radius 3 is 2.64 bits per heavy atom. The van der Waals surface area contributed by atoms with Gasteiger partial charge in [-0.05, 0) is 18.2 Å². The van der Waals surface area contributed by atoms with Gasteiger partial charge in [0.25, 0.3) is 0 Å². The molecule has 0 fully saturated rings. The minimum Gasteiger partial charge on any atom is -0.545 e. The van der Waals surface area contributed by atoms with Crippen LogP contribution in [0.5, 0.6) is 23.0 Å². The van der Waals surface area contributed by atoms with Gasteiger partial charge >= 0.3 is 29.6 Å². The van der Waals surface area contributed by atoms with Crippen LogP contribution in [0.4, 0.5) is 0 Å². The number of carbonyl (C=O) groups excluding carboxylic acids is 1. The second kappa shape index (κ2) is 8.09. The van der Waals surface area contributed by atoms with E-state index in [2.05, 4.69) is 10.3 Å². The van der Waals surface area contributed by atoms with Crippen molar-refractivity contribution in [3.63, 3.8) is 0 Å². The minimum atomic E-state index is -1.34. The molecule has 0 unspecified atom stereocenters. The molecule has 10 heteroatoms. The van der Waals surface area contributed by atoms with Crippen molar-refractivity contribution in [1.29, 1.82) is 0 Å². The number of nitrogens with zero attached hydrogens (tertiary/aromatic N) is 3. The third-order valence-corrected chi connectivity index (χ3v) is 4.15. The standard InChI is InChI=1S/C18H15N3O6.Na/c1-24-14-4-3-10(5-12(14)18(22)23)13-8-19-20-21(13)11-6-15(25-2)17-16(7-11)26-9-27-17;/h3-8H,9H2,1-2H3,(H,22,23);/q;+1/p-1. The monoisotopic (exact) mass is 391 g/mol. The summed E-state index contributed by atoms with van der Waals surface area (Å²) in [6.45, 7) is 0.104. The zero-order chi connectivity index (χ0) is 19.0. The second-order valence-corrected chi connectivity index (χ2v) is 5.62. The number of carboxylic acid groups (broad SMARTS) is 1. The van der Waals surface area contributed by atoms with E-state index in [4.69, 9.17) is 18.9 Å². The number of hydrogen-bond acceptors (Lipinski definition) is 8. The summed E-state index contributed by atoms with van der Waals surface area (Å²) in [5, 5.41) is 19.4. The summed E-state index contributed by atoms with van der Waals surface area (Å²) >= 11 is 0. The topological polar surface area (TPSA) is 108 Å². The van der Waals surface area contributed by atoms with E-state index in [0.717, 1.165) is 0 Å². The van der Waals surface area contributed by atoms with Gasteiger partial charge in [-0.3, -0.25) is 0 Å². The fourth-order valence-corrected chi connectivity index (χ4v) is 2.89. The molecular formula is C18H14N3NaO6. The SMILES string of the molecule is COc1ccc(-c2cnnn2-c2cc(OC)c3c(c2)OCO3)cc1C(=O)[O-].[Na+]. The van der Waals surface area contributed by atoms with E-state index < -0.39 is 5.97 Å². The summed E-state index contributed by atoms with van der Waals surface area (Å²) in [7, 11) is 2.92. The molecule has 9 nitrogen and oxygen atoms in total. The van der Waals surface area contributed by atoms with Crippen LogP contribution in [0.2, 0.25) is 0 Å². The summed E-state index contributed by atoms with van der Waals surface area (Å²) in [5.74, 6) is 0.411. The average Bonchev–Trinajstić information content (AvgIpc) is 3.35. The van der Waals surface area contributed by atoms with Gasteiger partial charge in [0.05, 0.1) is 37.8 Å². The Kier molecular flexibility index (Phi) is 5.78. The molecule has 2 aromatic carbocycles. The van der Waals surface area contributed by atoms with E-state index in [1.165, 1.54) is 26.5 Å². The first-order valence-corrected chi connectivity index (χ1v) is 7.91. The fourth-order valence-electron chi connectivity index (χ4n) is 2.89. The summed E-state index contributed by atoms with van der Waals surface area (Å²) in [4.78, 5) is 11.4. The van der Waals surface area contributed by atoms with Gasteiger partial charge in [0.1, 0.15) is 5.75 Å². The van der Waals surface area contributed by atoms with Crippen molar-refractivity contribution in [2.45, 2.75) is 0 Å². The predicted molar refractivity (Wildman–Crippen MR) is 90.4 cm³/mol. The Morgan fingerprint density at radius 2 is 1.93 bits per heavy atom. The molecule has 0 bridgehead atoms. The maximum absolute atomic E-state index is 11.4. The van der Waals surface area contributed by atoms with E-state index in [9.17, 15) is 9.90 Å². The van der Waals surface area contributed by atoms with Crippen LogP contribution in [0.25, 0.3) is 16.9 Å². The zero-order valence-electron chi connectivity index (χ0n) is 15.5. The number of aromatic carboxylic acids is 1. The van der Waals surface area contributed by atoms with Crippen LogP contribution in [0.3, 0.4) is 0 Å². The van der Waals surface area contributed by atoms with E-state index >= 15 is 0 Å². The molecule has 1 aliphatic rings. The van der Waals surface area contributed by atoms with Gasteiger partial charge in [0.15, 0.2) is 11.5 Å². The Labute approximate surface area is 182 Å². The van der Waals surface area contributed by atoms with Crippen LogP contribution in [-0.4, -0.2) is 42.0 Å². The van der Waals surface area contributed by atoms with Crippen LogP contribution in [0, 0.1) is 0 Å². The van der Waals surface area contributed by atoms with E-state index in [1.54, 1.807) is 28.9 Å². The Hall–Kier alpha value is -2.75. The third kappa shape index (κ3) is 3.39. The first-order valence-electron chi connectivity index (χ1n) is 7.91. The van der Waals surface area contributed by atoms with E-state index in [1.807, 2.05) is 0 Å². The molecule has 3 aromatic rings. The molecule has 0 radical (unpaired) electrons. The normalized spacial score (nSPS) is 11.6. The number of carboxylic acids is 1. The molecular weight excluding hydrogens is 377 g/mol. The zero-order valence-corrected chi connectivity index (χ0v) is 17.5. The number of methoxy groups -OCH3 is 2. The van der Waals surface area contributed by atoms with Crippen LogP contribution < -0.4 is 53.6 Å². The molecule has 1 aromatic heterocycles. The smallest absolute Gasteiger partial charge is 0.545 e. The molecule has 0 amide bonds. The van der Waals surface area contributed by atoms with E-state index in [-0.39, 0.29) is 47.7 Å². The summed E-state index contributed by atoms with van der Waals surface area (Å²) < 4.78 is 22.8. The Bertz CT molecular complexity index is 1040. The molecule has 0 N–H and O–H groups in total. The molecule has 0 saturated carbocycles. The van der Waals surface area contributed by atoms with Crippen molar-refractivity contribution in [2.24, 2.45) is 0 Å². The Balaban J connectivity index is 0.00000225. The van der Waals surface area contributed by atoms with Crippen LogP contribution >= 0.6 is 0 Å². The maximum atomic E-state index is 11.4. The number of rotatable bonds is 5. The van der Waals surface area contributed by atoms with Crippen LogP contribution in [-0.2, 0) is 0 Å². The number of ether oxygens (including phenoxy) is 4. The fraction of sp³-hybridized carbons (Fsp3) is 0.167. The molecule has 4 rings (SSSR count). The molecule has 0 aliphatic carbocycles.